The van der Waals surface area contributed by atoms with Gasteiger partial charge in [0.05, 0.1) is 0 Å². The number of aryl methyl sites for hydroxylation is 1. The minimum atomic E-state index is -0.281. The lowest BCUT2D eigenvalue weighted by Gasteiger charge is -2.11. The molecule has 0 aliphatic carbocycles. The predicted octanol–water partition coefficient (Wildman–Crippen LogP) is 3.27. The summed E-state index contributed by atoms with van der Waals surface area (Å²) in [5, 5.41) is 0. The molecule has 0 atom stereocenters. The third kappa shape index (κ3) is 1.86. The molecule has 1 aromatic rings. The second-order valence-electron chi connectivity index (χ2n) is 2.94. The zero-order chi connectivity index (χ0) is 9.26. The number of benzene rings is 1. The molecule has 0 amide bonds. The molecule has 13 heavy (non-hydrogen) atoms. The van der Waals surface area contributed by atoms with E-state index in [2.05, 4.69) is 15.9 Å². The highest BCUT2D eigenvalue weighted by atomic mass is 79.9. The summed E-state index contributed by atoms with van der Waals surface area (Å²) in [6, 6.07) is 6.08. The molecular formula is C10H9BrO2. The molecule has 0 aromatic heterocycles. The molecule has 0 spiro atoms. The van der Waals surface area contributed by atoms with Crippen LogP contribution in [0.25, 0.3) is 0 Å². The molecule has 1 heterocycles. The molecule has 0 fully saturated rings. The van der Waals surface area contributed by atoms with Gasteiger partial charge in [0.25, 0.3) is 6.29 Å². The van der Waals surface area contributed by atoms with Gasteiger partial charge in [0.15, 0.2) is 0 Å². The van der Waals surface area contributed by atoms with E-state index in [9.17, 15) is 0 Å². The van der Waals surface area contributed by atoms with E-state index in [-0.39, 0.29) is 6.29 Å². The van der Waals surface area contributed by atoms with Crippen LogP contribution in [0.15, 0.2) is 35.2 Å². The highest BCUT2D eigenvalue weighted by Crippen LogP contribution is 2.27. The molecule has 1 aliphatic rings. The van der Waals surface area contributed by atoms with Gasteiger partial charge in [-0.1, -0.05) is 15.9 Å². The average molecular weight is 241 g/mol. The molecule has 68 valence electrons. The molecule has 1 aliphatic heterocycles. The molecule has 2 nitrogen and oxygen atoms in total. The summed E-state index contributed by atoms with van der Waals surface area (Å²) in [5.41, 5.74) is 2.21. The Morgan fingerprint density at radius 3 is 2.46 bits per heavy atom. The van der Waals surface area contributed by atoms with Crippen LogP contribution in [0.2, 0.25) is 0 Å². The second kappa shape index (κ2) is 3.42. The zero-order valence-electron chi connectivity index (χ0n) is 7.16. The van der Waals surface area contributed by atoms with Crippen LogP contribution in [0.5, 0.6) is 0 Å². The lowest BCUT2D eigenvalue weighted by atomic mass is 10.1. The first kappa shape index (κ1) is 8.63. The van der Waals surface area contributed by atoms with Crippen LogP contribution in [0.4, 0.5) is 0 Å². The van der Waals surface area contributed by atoms with Gasteiger partial charge in [-0.15, -0.1) is 0 Å². The van der Waals surface area contributed by atoms with E-state index in [1.165, 1.54) is 5.56 Å². The second-order valence-corrected chi connectivity index (χ2v) is 3.85. The fourth-order valence-corrected chi connectivity index (χ4v) is 1.92. The Bertz CT molecular complexity index is 319. The maximum absolute atomic E-state index is 5.23. The Kier molecular flexibility index (Phi) is 2.27. The van der Waals surface area contributed by atoms with Gasteiger partial charge >= 0.3 is 0 Å². The zero-order valence-corrected chi connectivity index (χ0v) is 8.74. The number of hydrogen-bond donors (Lipinski definition) is 0. The van der Waals surface area contributed by atoms with Crippen molar-refractivity contribution in [1.29, 1.82) is 0 Å². The van der Waals surface area contributed by atoms with E-state index in [1.54, 1.807) is 12.5 Å². The Labute approximate surface area is 85.3 Å². The van der Waals surface area contributed by atoms with Gasteiger partial charge in [-0.2, -0.15) is 0 Å². The Balaban J connectivity index is 2.29. The minimum Gasteiger partial charge on any atom is -0.455 e. The van der Waals surface area contributed by atoms with Crippen molar-refractivity contribution in [2.45, 2.75) is 13.2 Å². The molecule has 0 unspecified atom stereocenters. The molecule has 1 aromatic carbocycles. The Hall–Kier alpha value is -0.960. The van der Waals surface area contributed by atoms with Gasteiger partial charge in [-0.3, -0.25) is 0 Å². The highest BCUT2D eigenvalue weighted by Gasteiger charge is 2.15. The number of halogens is 1. The summed E-state index contributed by atoms with van der Waals surface area (Å²) < 4.78 is 11.5. The maximum Gasteiger partial charge on any atom is 0.266 e. The van der Waals surface area contributed by atoms with Crippen molar-refractivity contribution in [3.05, 3.63) is 46.3 Å². The summed E-state index contributed by atoms with van der Waals surface area (Å²) in [6.07, 6.45) is 2.83. The largest absolute Gasteiger partial charge is 0.455 e. The third-order valence-corrected chi connectivity index (χ3v) is 2.25. The molecule has 0 bridgehead atoms. The molecule has 0 saturated heterocycles. The number of ether oxygens (including phenoxy) is 2. The lowest BCUT2D eigenvalue weighted by molar-refractivity contribution is -0.0246. The van der Waals surface area contributed by atoms with E-state index in [4.69, 9.17) is 9.47 Å². The molecule has 2 rings (SSSR count). The highest BCUT2D eigenvalue weighted by molar-refractivity contribution is 9.10. The number of rotatable bonds is 1. The van der Waals surface area contributed by atoms with Crippen LogP contribution in [0.1, 0.15) is 17.4 Å². The molecular weight excluding hydrogens is 232 g/mol. The third-order valence-electron chi connectivity index (χ3n) is 1.80. The Morgan fingerprint density at radius 2 is 1.85 bits per heavy atom. The van der Waals surface area contributed by atoms with Crippen molar-refractivity contribution in [3.63, 3.8) is 0 Å². The topological polar surface area (TPSA) is 18.5 Å². The Morgan fingerprint density at radius 1 is 1.15 bits per heavy atom. The molecule has 0 saturated carbocycles. The first-order valence-electron chi connectivity index (χ1n) is 3.99. The van der Waals surface area contributed by atoms with Crippen molar-refractivity contribution in [1.82, 2.24) is 0 Å². The minimum absolute atomic E-state index is 0.281. The summed E-state index contributed by atoms with van der Waals surface area (Å²) in [5.74, 6) is 0. The van der Waals surface area contributed by atoms with Gasteiger partial charge in [0, 0.05) is 10.0 Å². The predicted molar refractivity (Wildman–Crippen MR) is 52.9 cm³/mol. The fraction of sp³-hybridized carbons (Fsp3) is 0.200. The molecule has 0 N–H and O–H groups in total. The standard InChI is InChI=1S/C10H9BrO2/c1-7-4-8(6-9(11)5-7)10-12-2-3-13-10/h2-6,10H,1H3. The van der Waals surface area contributed by atoms with Crippen LogP contribution in [0, 0.1) is 6.92 Å². The van der Waals surface area contributed by atoms with E-state index < -0.39 is 0 Å². The van der Waals surface area contributed by atoms with Gasteiger partial charge in [0.2, 0.25) is 0 Å². The summed E-state index contributed by atoms with van der Waals surface area (Å²) in [4.78, 5) is 0. The van der Waals surface area contributed by atoms with Crippen molar-refractivity contribution in [3.8, 4) is 0 Å². The maximum atomic E-state index is 5.23. The van der Waals surface area contributed by atoms with Gasteiger partial charge < -0.3 is 9.47 Å². The van der Waals surface area contributed by atoms with E-state index in [1.807, 2.05) is 25.1 Å². The van der Waals surface area contributed by atoms with Crippen LogP contribution in [-0.4, -0.2) is 0 Å². The van der Waals surface area contributed by atoms with Crippen molar-refractivity contribution in [2.24, 2.45) is 0 Å². The average Bonchev–Trinajstić information content (AvgIpc) is 2.53. The van der Waals surface area contributed by atoms with E-state index in [0.29, 0.717) is 0 Å². The van der Waals surface area contributed by atoms with Crippen LogP contribution >= 0.6 is 15.9 Å². The van der Waals surface area contributed by atoms with Gasteiger partial charge in [-0.05, 0) is 30.7 Å². The van der Waals surface area contributed by atoms with Gasteiger partial charge in [-0.25, -0.2) is 0 Å². The molecule has 3 heteroatoms. The van der Waals surface area contributed by atoms with E-state index >= 15 is 0 Å². The van der Waals surface area contributed by atoms with Crippen molar-refractivity contribution in [2.75, 3.05) is 0 Å². The van der Waals surface area contributed by atoms with E-state index in [0.717, 1.165) is 10.0 Å². The lowest BCUT2D eigenvalue weighted by Crippen LogP contribution is -1.97. The normalized spacial score (nSPS) is 15.5. The monoisotopic (exact) mass is 240 g/mol. The smallest absolute Gasteiger partial charge is 0.266 e. The summed E-state index contributed by atoms with van der Waals surface area (Å²) in [6.45, 7) is 2.04. The summed E-state index contributed by atoms with van der Waals surface area (Å²) in [7, 11) is 0. The van der Waals surface area contributed by atoms with Crippen molar-refractivity contribution >= 4 is 15.9 Å². The number of hydrogen-bond acceptors (Lipinski definition) is 2. The quantitative estimate of drug-likeness (QED) is 0.751. The van der Waals surface area contributed by atoms with Crippen LogP contribution in [-0.2, 0) is 9.47 Å². The molecule has 0 radical (unpaired) electrons. The van der Waals surface area contributed by atoms with Crippen LogP contribution < -0.4 is 0 Å². The van der Waals surface area contributed by atoms with Crippen molar-refractivity contribution < 1.29 is 9.47 Å². The van der Waals surface area contributed by atoms with Crippen LogP contribution in [0.3, 0.4) is 0 Å². The van der Waals surface area contributed by atoms with Gasteiger partial charge in [0.1, 0.15) is 12.5 Å². The first-order chi connectivity index (χ1) is 6.25. The fourth-order valence-electron chi connectivity index (χ4n) is 1.30. The SMILES string of the molecule is Cc1cc(Br)cc(C2OC=CO2)c1. The summed E-state index contributed by atoms with van der Waals surface area (Å²) >= 11 is 3.43. The first-order valence-corrected chi connectivity index (χ1v) is 4.78.